The second-order valence-electron chi connectivity index (χ2n) is 8.33. The first-order chi connectivity index (χ1) is 10.5. The topological polar surface area (TPSA) is 0 Å². The molecule has 0 nitrogen and oxygen atoms in total. The van der Waals surface area contributed by atoms with Crippen LogP contribution in [0.25, 0.3) is 0 Å². The highest BCUT2D eigenvalue weighted by Gasteiger charge is 2.38. The van der Waals surface area contributed by atoms with Gasteiger partial charge in [0, 0.05) is 0 Å². The van der Waals surface area contributed by atoms with Gasteiger partial charge in [-0.25, -0.2) is 8.78 Å². The van der Waals surface area contributed by atoms with Crippen molar-refractivity contribution in [2.75, 3.05) is 0 Å². The van der Waals surface area contributed by atoms with Crippen LogP contribution in [-0.4, -0.2) is 12.3 Å². The first-order valence-electron chi connectivity index (χ1n) is 9.79. The van der Waals surface area contributed by atoms with Crippen LogP contribution < -0.4 is 0 Å². The van der Waals surface area contributed by atoms with Crippen LogP contribution in [-0.2, 0) is 0 Å². The third-order valence-corrected chi connectivity index (χ3v) is 6.79. The number of hydrogen-bond acceptors (Lipinski definition) is 0. The molecule has 0 heterocycles. The first-order valence-corrected chi connectivity index (χ1v) is 9.79. The molecule has 5 atom stereocenters. The van der Waals surface area contributed by atoms with Gasteiger partial charge in [-0.1, -0.05) is 40.0 Å². The van der Waals surface area contributed by atoms with Crippen LogP contribution in [0.1, 0.15) is 85.0 Å². The smallest absolute Gasteiger partial charge is 0.103 e. The van der Waals surface area contributed by atoms with E-state index in [0.29, 0.717) is 30.6 Å². The van der Waals surface area contributed by atoms with E-state index in [-0.39, 0.29) is 5.92 Å². The van der Waals surface area contributed by atoms with Gasteiger partial charge >= 0.3 is 0 Å². The summed E-state index contributed by atoms with van der Waals surface area (Å²) < 4.78 is 28.0. The van der Waals surface area contributed by atoms with E-state index in [1.54, 1.807) is 0 Å². The highest BCUT2D eigenvalue weighted by molar-refractivity contribution is 4.88. The summed E-state index contributed by atoms with van der Waals surface area (Å²) in [6.07, 6.45) is 8.72. The Bertz CT molecular complexity index is 309. The van der Waals surface area contributed by atoms with Crippen molar-refractivity contribution in [1.29, 1.82) is 0 Å². The van der Waals surface area contributed by atoms with Crippen LogP contribution in [0, 0.1) is 29.6 Å². The Balaban J connectivity index is 1.77. The van der Waals surface area contributed by atoms with Crippen LogP contribution in [0.15, 0.2) is 0 Å². The summed E-state index contributed by atoms with van der Waals surface area (Å²) in [4.78, 5) is 0. The highest BCUT2D eigenvalue weighted by atomic mass is 19.1. The average Bonchev–Trinajstić information content (AvgIpc) is 2.53. The summed E-state index contributed by atoms with van der Waals surface area (Å²) in [6.45, 7) is 6.90. The first kappa shape index (κ1) is 18.2. The Hall–Kier alpha value is -0.140. The number of alkyl halides is 2. The van der Waals surface area contributed by atoms with Gasteiger partial charge in [0.1, 0.15) is 12.3 Å². The third kappa shape index (κ3) is 4.93. The fraction of sp³-hybridized carbons (Fsp3) is 1.00. The minimum Gasteiger partial charge on any atom is -0.247 e. The van der Waals surface area contributed by atoms with Crippen LogP contribution in [0.3, 0.4) is 0 Å². The van der Waals surface area contributed by atoms with Crippen molar-refractivity contribution in [1.82, 2.24) is 0 Å². The highest BCUT2D eigenvalue weighted by Crippen LogP contribution is 2.44. The predicted molar refractivity (Wildman–Crippen MR) is 90.4 cm³/mol. The standard InChI is InChI=1S/C20H36F2/c1-4-14(2)5-6-15(3)17-9-12-19(20(22)13-17)16-7-10-18(21)11-8-16/h14-20H,4-13H2,1-3H3. The molecule has 0 radical (unpaired) electrons. The van der Waals surface area contributed by atoms with Crippen molar-refractivity contribution in [2.45, 2.75) is 97.3 Å². The Morgan fingerprint density at radius 3 is 2.18 bits per heavy atom. The summed E-state index contributed by atoms with van der Waals surface area (Å²) in [5, 5.41) is 0. The van der Waals surface area contributed by atoms with Crippen molar-refractivity contribution in [3.63, 3.8) is 0 Å². The summed E-state index contributed by atoms with van der Waals surface area (Å²) in [6, 6.07) is 0. The number of hydrogen-bond donors (Lipinski definition) is 0. The molecule has 0 amide bonds. The molecule has 0 aromatic rings. The molecule has 2 aliphatic carbocycles. The molecule has 2 fully saturated rings. The van der Waals surface area contributed by atoms with Gasteiger partial charge < -0.3 is 0 Å². The van der Waals surface area contributed by atoms with Crippen molar-refractivity contribution in [3.8, 4) is 0 Å². The lowest BCUT2D eigenvalue weighted by atomic mass is 9.67. The lowest BCUT2D eigenvalue weighted by Gasteiger charge is -2.40. The van der Waals surface area contributed by atoms with Crippen LogP contribution in [0.4, 0.5) is 8.78 Å². The number of rotatable bonds is 6. The van der Waals surface area contributed by atoms with Crippen molar-refractivity contribution in [2.24, 2.45) is 29.6 Å². The van der Waals surface area contributed by atoms with Gasteiger partial charge in [0.25, 0.3) is 0 Å². The molecular weight excluding hydrogens is 278 g/mol. The Kier molecular flexibility index (Phi) is 7.15. The SMILES string of the molecule is CCC(C)CCC(C)C1CCC(C2CCC(F)CC2)C(F)C1. The molecule has 0 aromatic carbocycles. The van der Waals surface area contributed by atoms with E-state index in [0.717, 1.165) is 31.6 Å². The molecule has 0 aromatic heterocycles. The molecule has 2 heteroatoms. The van der Waals surface area contributed by atoms with E-state index in [9.17, 15) is 8.78 Å². The zero-order valence-corrected chi connectivity index (χ0v) is 14.9. The Morgan fingerprint density at radius 1 is 0.909 bits per heavy atom. The summed E-state index contributed by atoms with van der Waals surface area (Å²) in [5.74, 6) is 2.72. The van der Waals surface area contributed by atoms with Crippen LogP contribution in [0.5, 0.6) is 0 Å². The maximum atomic E-state index is 14.7. The molecular formula is C20H36F2. The molecule has 0 N–H and O–H groups in total. The molecule has 130 valence electrons. The minimum atomic E-state index is -0.633. The molecule has 5 unspecified atom stereocenters. The zero-order chi connectivity index (χ0) is 16.1. The van der Waals surface area contributed by atoms with E-state index >= 15 is 0 Å². The van der Waals surface area contributed by atoms with E-state index in [2.05, 4.69) is 20.8 Å². The van der Waals surface area contributed by atoms with Gasteiger partial charge in [-0.05, 0) is 74.5 Å². The minimum absolute atomic E-state index is 0.227. The Labute approximate surface area is 136 Å². The summed E-state index contributed by atoms with van der Waals surface area (Å²) in [5.41, 5.74) is 0. The molecule has 0 saturated heterocycles. The monoisotopic (exact) mass is 314 g/mol. The second kappa shape index (κ2) is 8.64. The fourth-order valence-corrected chi connectivity index (χ4v) is 4.71. The molecule has 2 rings (SSSR count). The Morgan fingerprint density at radius 2 is 1.59 bits per heavy atom. The molecule has 2 aliphatic rings. The van der Waals surface area contributed by atoms with E-state index in [1.807, 2.05) is 0 Å². The van der Waals surface area contributed by atoms with Crippen molar-refractivity contribution >= 4 is 0 Å². The molecule has 0 bridgehead atoms. The normalized spacial score (nSPS) is 39.4. The lowest BCUT2D eigenvalue weighted by Crippen LogP contribution is -2.35. The molecule has 0 spiro atoms. The fourth-order valence-electron chi connectivity index (χ4n) is 4.71. The summed E-state index contributed by atoms with van der Waals surface area (Å²) in [7, 11) is 0. The van der Waals surface area contributed by atoms with Gasteiger partial charge in [-0.2, -0.15) is 0 Å². The van der Waals surface area contributed by atoms with Gasteiger partial charge in [0.15, 0.2) is 0 Å². The largest absolute Gasteiger partial charge is 0.247 e. The van der Waals surface area contributed by atoms with Gasteiger partial charge in [0.2, 0.25) is 0 Å². The van der Waals surface area contributed by atoms with Gasteiger partial charge in [0.05, 0.1) is 0 Å². The maximum absolute atomic E-state index is 14.7. The van der Waals surface area contributed by atoms with Gasteiger partial charge in [-0.15, -0.1) is 0 Å². The van der Waals surface area contributed by atoms with E-state index < -0.39 is 12.3 Å². The zero-order valence-electron chi connectivity index (χ0n) is 14.9. The molecule has 0 aliphatic heterocycles. The lowest BCUT2D eigenvalue weighted by molar-refractivity contribution is 0.0396. The van der Waals surface area contributed by atoms with Crippen LogP contribution >= 0.6 is 0 Å². The second-order valence-corrected chi connectivity index (χ2v) is 8.33. The van der Waals surface area contributed by atoms with E-state index in [1.165, 1.54) is 25.7 Å². The average molecular weight is 315 g/mol. The quantitative estimate of drug-likeness (QED) is 0.510. The van der Waals surface area contributed by atoms with E-state index in [4.69, 9.17) is 0 Å². The number of halogens is 2. The van der Waals surface area contributed by atoms with Crippen LogP contribution in [0.2, 0.25) is 0 Å². The molecule has 22 heavy (non-hydrogen) atoms. The van der Waals surface area contributed by atoms with Crippen molar-refractivity contribution in [3.05, 3.63) is 0 Å². The van der Waals surface area contributed by atoms with Crippen molar-refractivity contribution < 1.29 is 8.78 Å². The predicted octanol–water partition coefficient (Wildman–Crippen LogP) is 6.73. The van der Waals surface area contributed by atoms with Gasteiger partial charge in [-0.3, -0.25) is 0 Å². The summed E-state index contributed by atoms with van der Waals surface area (Å²) >= 11 is 0. The maximum Gasteiger partial charge on any atom is 0.103 e. The third-order valence-electron chi connectivity index (χ3n) is 6.79. The molecule has 2 saturated carbocycles.